The molecule has 0 unspecified atom stereocenters. The van der Waals surface area contributed by atoms with Gasteiger partial charge in [0.05, 0.1) is 36.1 Å². The van der Waals surface area contributed by atoms with Gasteiger partial charge in [-0.05, 0) is 30.7 Å². The largest absolute Gasteiger partial charge is 0.467 e. The summed E-state index contributed by atoms with van der Waals surface area (Å²) in [6.45, 7) is 2.71. The zero-order valence-corrected chi connectivity index (χ0v) is 15.3. The lowest BCUT2D eigenvalue weighted by Gasteiger charge is -2.12. The topological polar surface area (TPSA) is 74.3 Å². The zero-order chi connectivity index (χ0) is 18.4. The van der Waals surface area contributed by atoms with Gasteiger partial charge in [-0.2, -0.15) is 0 Å². The van der Waals surface area contributed by atoms with E-state index in [0.717, 1.165) is 12.8 Å². The Hall–Kier alpha value is -2.54. The van der Waals surface area contributed by atoms with Crippen molar-refractivity contribution in [1.82, 2.24) is 9.55 Å². The molecular formula is C19H20N2O4S. The number of unbranched alkanes of at least 4 members (excludes halogenated alkanes) is 1. The fraction of sp³-hybridized carbons (Fsp3) is 0.316. The van der Waals surface area contributed by atoms with E-state index in [1.807, 2.05) is 13.0 Å². The van der Waals surface area contributed by atoms with E-state index >= 15 is 0 Å². The van der Waals surface area contributed by atoms with Crippen molar-refractivity contribution >= 4 is 28.6 Å². The van der Waals surface area contributed by atoms with Gasteiger partial charge >= 0.3 is 5.97 Å². The second-order valence-corrected chi connectivity index (χ2v) is 6.69. The number of furan rings is 1. The van der Waals surface area contributed by atoms with Gasteiger partial charge in [-0.15, -0.1) is 0 Å². The Bertz CT molecular complexity index is 934. The molecule has 0 aliphatic heterocycles. The molecule has 7 heteroatoms. The number of nitrogens with zero attached hydrogens (tertiary/aromatic N) is 2. The molecule has 0 N–H and O–H groups in total. The van der Waals surface area contributed by atoms with Gasteiger partial charge in [-0.25, -0.2) is 4.98 Å². The van der Waals surface area contributed by atoms with Crippen LogP contribution < -0.4 is 5.56 Å². The summed E-state index contributed by atoms with van der Waals surface area (Å²) in [6.07, 6.45) is 3.37. The van der Waals surface area contributed by atoms with Crippen LogP contribution in [-0.4, -0.2) is 27.9 Å². The van der Waals surface area contributed by atoms with Gasteiger partial charge in [0.1, 0.15) is 5.76 Å². The van der Waals surface area contributed by atoms with Gasteiger partial charge in [0, 0.05) is 0 Å². The molecule has 3 aromatic rings. The van der Waals surface area contributed by atoms with Gasteiger partial charge in [-0.1, -0.05) is 37.2 Å². The molecule has 0 fully saturated rings. The van der Waals surface area contributed by atoms with E-state index in [2.05, 4.69) is 4.98 Å². The van der Waals surface area contributed by atoms with E-state index in [4.69, 9.17) is 9.15 Å². The van der Waals surface area contributed by atoms with Crippen LogP contribution in [0.2, 0.25) is 0 Å². The Kier molecular flexibility index (Phi) is 6.12. The molecule has 2 aromatic heterocycles. The number of ether oxygens (including phenoxy) is 1. The first-order valence-corrected chi connectivity index (χ1v) is 9.48. The third-order valence-electron chi connectivity index (χ3n) is 3.80. The van der Waals surface area contributed by atoms with E-state index in [9.17, 15) is 9.59 Å². The molecule has 136 valence electrons. The highest BCUT2D eigenvalue weighted by molar-refractivity contribution is 7.99. The van der Waals surface area contributed by atoms with Gasteiger partial charge in [0.15, 0.2) is 5.16 Å². The lowest BCUT2D eigenvalue weighted by atomic mass is 10.2. The molecule has 0 bridgehead atoms. The third-order valence-corrected chi connectivity index (χ3v) is 4.75. The first-order chi connectivity index (χ1) is 12.7. The number of hydrogen-bond acceptors (Lipinski definition) is 6. The van der Waals surface area contributed by atoms with Crippen molar-refractivity contribution in [2.24, 2.45) is 0 Å². The molecular weight excluding hydrogens is 352 g/mol. The Labute approximate surface area is 155 Å². The van der Waals surface area contributed by atoms with Crippen LogP contribution in [0.3, 0.4) is 0 Å². The normalized spacial score (nSPS) is 11.0. The average Bonchev–Trinajstić information content (AvgIpc) is 3.16. The van der Waals surface area contributed by atoms with Crippen molar-refractivity contribution in [2.45, 2.75) is 31.5 Å². The predicted molar refractivity (Wildman–Crippen MR) is 100 cm³/mol. The van der Waals surface area contributed by atoms with Crippen LogP contribution >= 0.6 is 11.8 Å². The van der Waals surface area contributed by atoms with Crippen molar-refractivity contribution < 1.29 is 13.9 Å². The minimum Gasteiger partial charge on any atom is -0.467 e. The summed E-state index contributed by atoms with van der Waals surface area (Å²) >= 11 is 1.20. The van der Waals surface area contributed by atoms with Crippen LogP contribution in [0, 0.1) is 0 Å². The SMILES string of the molecule is CCCCOC(=O)CSc1nc2ccccc2c(=O)n1Cc1ccco1. The maximum Gasteiger partial charge on any atom is 0.316 e. The minimum absolute atomic E-state index is 0.104. The summed E-state index contributed by atoms with van der Waals surface area (Å²) < 4.78 is 12.1. The molecule has 0 atom stereocenters. The van der Waals surface area contributed by atoms with E-state index in [1.54, 1.807) is 36.6 Å². The fourth-order valence-corrected chi connectivity index (χ4v) is 3.25. The van der Waals surface area contributed by atoms with Crippen LogP contribution in [-0.2, 0) is 16.1 Å². The highest BCUT2D eigenvalue weighted by atomic mass is 32.2. The highest BCUT2D eigenvalue weighted by Gasteiger charge is 2.15. The zero-order valence-electron chi connectivity index (χ0n) is 14.5. The fourth-order valence-electron chi connectivity index (χ4n) is 2.45. The molecule has 0 saturated carbocycles. The quantitative estimate of drug-likeness (QED) is 0.261. The molecule has 2 heterocycles. The monoisotopic (exact) mass is 372 g/mol. The Morgan fingerprint density at radius 3 is 2.88 bits per heavy atom. The summed E-state index contributed by atoms with van der Waals surface area (Å²) in [7, 11) is 0. The summed E-state index contributed by atoms with van der Waals surface area (Å²) in [4.78, 5) is 29.3. The van der Waals surface area contributed by atoms with Crippen LogP contribution in [0.25, 0.3) is 10.9 Å². The van der Waals surface area contributed by atoms with Crippen LogP contribution in [0.15, 0.2) is 57.0 Å². The number of hydrogen-bond donors (Lipinski definition) is 0. The van der Waals surface area contributed by atoms with Gasteiger partial charge in [0.2, 0.25) is 0 Å². The number of carbonyl (C=O) groups excluding carboxylic acids is 1. The van der Waals surface area contributed by atoms with Gasteiger partial charge in [-0.3, -0.25) is 14.2 Å². The highest BCUT2D eigenvalue weighted by Crippen LogP contribution is 2.19. The molecule has 0 radical (unpaired) electrons. The Morgan fingerprint density at radius 2 is 2.12 bits per heavy atom. The smallest absolute Gasteiger partial charge is 0.316 e. The molecule has 3 rings (SSSR count). The summed E-state index contributed by atoms with van der Waals surface area (Å²) in [5.74, 6) is 0.444. The number of aromatic nitrogens is 2. The lowest BCUT2D eigenvalue weighted by Crippen LogP contribution is -2.24. The van der Waals surface area contributed by atoms with E-state index in [1.165, 1.54) is 16.3 Å². The predicted octanol–water partition coefficient (Wildman–Crippen LogP) is 3.47. The molecule has 0 amide bonds. The number of thioether (sulfide) groups is 1. The molecule has 0 aliphatic carbocycles. The number of rotatable bonds is 8. The standard InChI is InChI=1S/C19H20N2O4S/c1-2-3-10-25-17(22)13-26-19-20-16-9-5-4-8-15(16)18(23)21(19)12-14-7-6-11-24-14/h4-9,11H,2-3,10,12-13H2,1H3. The van der Waals surface area contributed by atoms with Crippen LogP contribution in [0.5, 0.6) is 0 Å². The van der Waals surface area contributed by atoms with Crippen molar-refractivity contribution in [3.63, 3.8) is 0 Å². The van der Waals surface area contributed by atoms with E-state index in [0.29, 0.717) is 28.4 Å². The van der Waals surface area contributed by atoms with E-state index in [-0.39, 0.29) is 23.8 Å². The maximum atomic E-state index is 12.9. The molecule has 1 aromatic carbocycles. The van der Waals surface area contributed by atoms with Crippen molar-refractivity contribution in [3.05, 3.63) is 58.8 Å². The summed E-state index contributed by atoms with van der Waals surface area (Å²) in [5, 5.41) is 1.01. The number of para-hydroxylation sites is 1. The second-order valence-electron chi connectivity index (χ2n) is 5.74. The van der Waals surface area contributed by atoms with Crippen LogP contribution in [0.1, 0.15) is 25.5 Å². The van der Waals surface area contributed by atoms with Crippen molar-refractivity contribution in [2.75, 3.05) is 12.4 Å². The first-order valence-electron chi connectivity index (χ1n) is 8.49. The van der Waals surface area contributed by atoms with Gasteiger partial charge in [0.25, 0.3) is 5.56 Å². The Balaban J connectivity index is 1.87. The molecule has 0 saturated heterocycles. The lowest BCUT2D eigenvalue weighted by molar-refractivity contribution is -0.140. The molecule has 0 aliphatic rings. The molecule has 0 spiro atoms. The number of fused-ring (bicyclic) bond motifs is 1. The third kappa shape index (κ3) is 4.35. The summed E-state index contributed by atoms with van der Waals surface area (Å²) in [6, 6.07) is 10.7. The van der Waals surface area contributed by atoms with Crippen molar-refractivity contribution in [1.29, 1.82) is 0 Å². The number of benzene rings is 1. The first kappa shape index (κ1) is 18.3. The Morgan fingerprint density at radius 1 is 1.27 bits per heavy atom. The second kappa shape index (κ2) is 8.71. The van der Waals surface area contributed by atoms with Crippen molar-refractivity contribution in [3.8, 4) is 0 Å². The molecule has 6 nitrogen and oxygen atoms in total. The molecule has 26 heavy (non-hydrogen) atoms. The van der Waals surface area contributed by atoms with Crippen LogP contribution in [0.4, 0.5) is 0 Å². The van der Waals surface area contributed by atoms with Gasteiger partial charge < -0.3 is 9.15 Å². The minimum atomic E-state index is -0.310. The van der Waals surface area contributed by atoms with E-state index < -0.39 is 0 Å². The number of esters is 1. The number of carbonyl (C=O) groups is 1. The summed E-state index contributed by atoms with van der Waals surface area (Å²) in [5.41, 5.74) is 0.448. The average molecular weight is 372 g/mol. The maximum absolute atomic E-state index is 12.9.